The summed E-state index contributed by atoms with van der Waals surface area (Å²) in [6, 6.07) is 12.7. The smallest absolute Gasteiger partial charge is 0.243 e. The maximum atomic E-state index is 12.7. The third-order valence-electron chi connectivity index (χ3n) is 5.06. The van der Waals surface area contributed by atoms with Crippen LogP contribution in [0, 0.1) is 5.92 Å². The number of hydrogen-bond donors (Lipinski definition) is 2. The summed E-state index contributed by atoms with van der Waals surface area (Å²) in [5.41, 5.74) is 0. The predicted molar refractivity (Wildman–Crippen MR) is 127 cm³/mol. The maximum absolute atomic E-state index is 12.7. The molecule has 1 aliphatic heterocycles. The van der Waals surface area contributed by atoms with Gasteiger partial charge in [-0.1, -0.05) is 18.2 Å². The molecular weight excluding hydrogens is 501 g/mol. The second-order valence-corrected chi connectivity index (χ2v) is 8.90. The summed E-state index contributed by atoms with van der Waals surface area (Å²) >= 11 is 0. The number of benzene rings is 1. The third kappa shape index (κ3) is 6.71. The van der Waals surface area contributed by atoms with Crippen LogP contribution in [0.3, 0.4) is 0 Å². The molecule has 0 saturated carbocycles. The van der Waals surface area contributed by atoms with Crippen molar-refractivity contribution >= 4 is 40.0 Å². The molecule has 0 aliphatic carbocycles. The standard InChI is InChI=1S/C20H29N5O2S.HI/c1-21-20(22-11-16-24-12-5-6-13-24)23-17-18-9-14-25(15-10-18)28(26,27)19-7-3-2-4-8-19;/h2-8,12-13,18H,9-11,14-17H2,1H3,(H2,21,22,23);1H. The number of aromatic nitrogens is 1. The average Bonchev–Trinajstić information content (AvgIpc) is 3.25. The molecule has 0 atom stereocenters. The summed E-state index contributed by atoms with van der Waals surface area (Å²) in [4.78, 5) is 4.64. The van der Waals surface area contributed by atoms with Gasteiger partial charge in [0.15, 0.2) is 5.96 Å². The van der Waals surface area contributed by atoms with Crippen molar-refractivity contribution in [3.63, 3.8) is 0 Å². The van der Waals surface area contributed by atoms with E-state index >= 15 is 0 Å². The Morgan fingerprint density at radius 3 is 2.34 bits per heavy atom. The van der Waals surface area contributed by atoms with Crippen LogP contribution >= 0.6 is 24.0 Å². The monoisotopic (exact) mass is 531 g/mol. The SMILES string of the molecule is CN=C(NCCn1cccc1)NCC1CCN(S(=O)(=O)c2ccccc2)CC1.I. The Balaban J connectivity index is 0.00000300. The molecule has 0 amide bonds. The van der Waals surface area contributed by atoms with Gasteiger partial charge >= 0.3 is 0 Å². The van der Waals surface area contributed by atoms with Crippen molar-refractivity contribution < 1.29 is 8.42 Å². The van der Waals surface area contributed by atoms with Gasteiger partial charge in [-0.2, -0.15) is 4.31 Å². The van der Waals surface area contributed by atoms with Gasteiger partial charge in [-0.25, -0.2) is 8.42 Å². The molecule has 0 bridgehead atoms. The summed E-state index contributed by atoms with van der Waals surface area (Å²) in [6.07, 6.45) is 5.77. The van der Waals surface area contributed by atoms with Crippen LogP contribution in [0.4, 0.5) is 0 Å². The van der Waals surface area contributed by atoms with E-state index < -0.39 is 10.0 Å². The van der Waals surface area contributed by atoms with Crippen LogP contribution in [0.1, 0.15) is 12.8 Å². The first-order valence-corrected chi connectivity index (χ1v) is 11.1. The van der Waals surface area contributed by atoms with Crippen molar-refractivity contribution in [2.24, 2.45) is 10.9 Å². The van der Waals surface area contributed by atoms with Crippen LogP contribution < -0.4 is 10.6 Å². The van der Waals surface area contributed by atoms with E-state index in [-0.39, 0.29) is 24.0 Å². The van der Waals surface area contributed by atoms with Crippen LogP contribution in [-0.2, 0) is 16.6 Å². The normalized spacial score (nSPS) is 16.2. The van der Waals surface area contributed by atoms with E-state index in [4.69, 9.17) is 0 Å². The molecule has 3 rings (SSSR count). The van der Waals surface area contributed by atoms with Crippen LogP contribution in [-0.4, -0.2) is 56.5 Å². The zero-order valence-corrected chi connectivity index (χ0v) is 19.8. The lowest BCUT2D eigenvalue weighted by Gasteiger charge is -2.31. The third-order valence-corrected chi connectivity index (χ3v) is 6.98. The topological polar surface area (TPSA) is 78.7 Å². The van der Waals surface area contributed by atoms with E-state index in [9.17, 15) is 8.42 Å². The zero-order valence-electron chi connectivity index (χ0n) is 16.7. The highest BCUT2D eigenvalue weighted by atomic mass is 127. The van der Waals surface area contributed by atoms with Gasteiger partial charge in [0.05, 0.1) is 4.90 Å². The Hall–Kier alpha value is -1.59. The van der Waals surface area contributed by atoms with Gasteiger partial charge in [0.1, 0.15) is 0 Å². The molecule has 160 valence electrons. The maximum Gasteiger partial charge on any atom is 0.243 e. The Labute approximate surface area is 190 Å². The van der Waals surface area contributed by atoms with Gasteiger partial charge in [0, 0.05) is 52.2 Å². The average molecular weight is 531 g/mol. The first-order valence-electron chi connectivity index (χ1n) is 9.70. The first kappa shape index (κ1) is 23.7. The molecule has 1 aromatic heterocycles. The highest BCUT2D eigenvalue weighted by Crippen LogP contribution is 2.23. The molecule has 1 fully saturated rings. The van der Waals surface area contributed by atoms with Gasteiger partial charge in [0.2, 0.25) is 10.0 Å². The van der Waals surface area contributed by atoms with Crippen molar-refractivity contribution in [1.82, 2.24) is 19.5 Å². The number of rotatable bonds is 7. The van der Waals surface area contributed by atoms with E-state index in [1.165, 1.54) is 0 Å². The Morgan fingerprint density at radius 2 is 1.72 bits per heavy atom. The van der Waals surface area contributed by atoms with Gasteiger partial charge < -0.3 is 15.2 Å². The molecular formula is C20H30IN5O2S. The lowest BCUT2D eigenvalue weighted by molar-refractivity contribution is 0.273. The fourth-order valence-corrected chi connectivity index (χ4v) is 4.87. The molecule has 29 heavy (non-hydrogen) atoms. The van der Waals surface area contributed by atoms with Crippen LogP contribution in [0.5, 0.6) is 0 Å². The lowest BCUT2D eigenvalue weighted by atomic mass is 9.98. The summed E-state index contributed by atoms with van der Waals surface area (Å²) in [7, 11) is -1.62. The molecule has 9 heteroatoms. The van der Waals surface area contributed by atoms with Crippen molar-refractivity contribution in [2.75, 3.05) is 33.2 Å². The van der Waals surface area contributed by atoms with E-state index in [2.05, 4.69) is 20.2 Å². The number of sulfonamides is 1. The zero-order chi connectivity index (χ0) is 19.8. The summed E-state index contributed by atoms with van der Waals surface area (Å²) in [6.45, 7) is 3.58. The van der Waals surface area contributed by atoms with Crippen molar-refractivity contribution in [3.8, 4) is 0 Å². The Bertz CT molecular complexity index is 848. The molecule has 2 N–H and O–H groups in total. The number of aliphatic imine (C=N–C) groups is 1. The Kier molecular flexibility index (Phi) is 9.44. The number of halogens is 1. The minimum atomic E-state index is -3.38. The second-order valence-electron chi connectivity index (χ2n) is 6.96. The van der Waals surface area contributed by atoms with Gasteiger partial charge in [-0.05, 0) is 43.0 Å². The highest BCUT2D eigenvalue weighted by Gasteiger charge is 2.29. The minimum absolute atomic E-state index is 0. The molecule has 2 heterocycles. The summed E-state index contributed by atoms with van der Waals surface area (Å²) < 4.78 is 29.1. The van der Waals surface area contributed by atoms with E-state index in [0.717, 1.165) is 38.4 Å². The fourth-order valence-electron chi connectivity index (χ4n) is 3.38. The first-order chi connectivity index (χ1) is 13.6. The van der Waals surface area contributed by atoms with Gasteiger partial charge in [0.25, 0.3) is 0 Å². The Morgan fingerprint density at radius 1 is 1.07 bits per heavy atom. The summed E-state index contributed by atoms with van der Waals surface area (Å²) in [5, 5.41) is 6.68. The largest absolute Gasteiger partial charge is 0.356 e. The summed E-state index contributed by atoms with van der Waals surface area (Å²) in [5.74, 6) is 1.22. The van der Waals surface area contributed by atoms with E-state index in [1.54, 1.807) is 35.6 Å². The van der Waals surface area contributed by atoms with Gasteiger partial charge in [-0.3, -0.25) is 4.99 Å². The molecule has 7 nitrogen and oxygen atoms in total. The van der Waals surface area contributed by atoms with Crippen molar-refractivity contribution in [3.05, 3.63) is 54.9 Å². The highest BCUT2D eigenvalue weighted by molar-refractivity contribution is 14.0. The fraction of sp³-hybridized carbons (Fsp3) is 0.450. The number of hydrogen-bond acceptors (Lipinski definition) is 3. The second kappa shape index (κ2) is 11.6. The van der Waals surface area contributed by atoms with Gasteiger partial charge in [-0.15, -0.1) is 24.0 Å². The number of nitrogens with zero attached hydrogens (tertiary/aromatic N) is 3. The molecule has 2 aromatic rings. The molecule has 1 saturated heterocycles. The number of nitrogens with one attached hydrogen (secondary N) is 2. The van der Waals surface area contributed by atoms with E-state index in [0.29, 0.717) is 23.9 Å². The lowest BCUT2D eigenvalue weighted by Crippen LogP contribution is -2.44. The predicted octanol–water partition coefficient (Wildman–Crippen LogP) is 2.37. The molecule has 0 spiro atoms. The quantitative estimate of drug-likeness (QED) is 0.327. The van der Waals surface area contributed by atoms with E-state index in [1.807, 2.05) is 30.6 Å². The van der Waals surface area contributed by atoms with Crippen LogP contribution in [0.15, 0.2) is 64.7 Å². The molecule has 0 unspecified atom stereocenters. The minimum Gasteiger partial charge on any atom is -0.356 e. The molecule has 1 aromatic carbocycles. The molecule has 0 radical (unpaired) electrons. The van der Waals surface area contributed by atoms with Crippen molar-refractivity contribution in [2.45, 2.75) is 24.3 Å². The van der Waals surface area contributed by atoms with Crippen molar-refractivity contribution in [1.29, 1.82) is 0 Å². The molecule has 1 aliphatic rings. The number of guanidine groups is 1. The van der Waals surface area contributed by atoms with Crippen LogP contribution in [0.2, 0.25) is 0 Å². The number of piperidine rings is 1. The van der Waals surface area contributed by atoms with Crippen LogP contribution in [0.25, 0.3) is 0 Å².